The fourth-order valence-electron chi connectivity index (χ4n) is 2.01. The van der Waals surface area contributed by atoms with Gasteiger partial charge in [0.2, 0.25) is 11.2 Å². The van der Waals surface area contributed by atoms with Crippen molar-refractivity contribution in [3.63, 3.8) is 0 Å². The normalized spacial score (nSPS) is 19.7. The van der Waals surface area contributed by atoms with Gasteiger partial charge in [-0.2, -0.15) is 18.2 Å². The van der Waals surface area contributed by atoms with E-state index in [1.807, 2.05) is 0 Å². The number of alkyl halides is 3. The molecule has 19 heavy (non-hydrogen) atoms. The molecule has 0 radical (unpaired) electrons. The van der Waals surface area contributed by atoms with Crippen molar-refractivity contribution >= 4 is 29.0 Å². The second-order valence-electron chi connectivity index (χ2n) is 4.62. The number of amides is 1. The minimum absolute atomic E-state index is 0.0377. The smallest absolute Gasteiger partial charge is 0.354 e. The number of anilines is 2. The van der Waals surface area contributed by atoms with Gasteiger partial charge in [-0.1, -0.05) is 0 Å². The maximum absolute atomic E-state index is 12.5. The SMILES string of the molecule is O=C1Nc2c(CC(F)(F)F)nc(Cl)nc2NC12CC2. The molecule has 102 valence electrons. The van der Waals surface area contributed by atoms with E-state index in [2.05, 4.69) is 20.6 Å². The lowest BCUT2D eigenvalue weighted by molar-refractivity contribution is -0.128. The lowest BCUT2D eigenvalue weighted by Crippen LogP contribution is -2.42. The molecule has 1 aliphatic heterocycles. The molecule has 1 amide bonds. The molecule has 0 bridgehead atoms. The van der Waals surface area contributed by atoms with Gasteiger partial charge < -0.3 is 10.6 Å². The second kappa shape index (κ2) is 3.72. The van der Waals surface area contributed by atoms with E-state index in [0.29, 0.717) is 12.8 Å². The topological polar surface area (TPSA) is 66.9 Å². The van der Waals surface area contributed by atoms with Crippen LogP contribution in [0.5, 0.6) is 0 Å². The number of fused-ring (bicyclic) bond motifs is 1. The van der Waals surface area contributed by atoms with Gasteiger partial charge in [-0.25, -0.2) is 4.98 Å². The molecule has 1 aromatic heterocycles. The lowest BCUT2D eigenvalue weighted by atomic mass is 10.1. The average molecular weight is 293 g/mol. The minimum Gasteiger partial charge on any atom is -0.354 e. The van der Waals surface area contributed by atoms with E-state index < -0.39 is 18.1 Å². The molecule has 1 fully saturated rings. The average Bonchev–Trinajstić information content (AvgIpc) is 3.00. The van der Waals surface area contributed by atoms with Crippen LogP contribution in [0.15, 0.2) is 0 Å². The zero-order valence-electron chi connectivity index (χ0n) is 9.44. The molecule has 2 N–H and O–H groups in total. The maximum Gasteiger partial charge on any atom is 0.394 e. The van der Waals surface area contributed by atoms with Gasteiger partial charge in [0.1, 0.15) is 11.2 Å². The number of halogens is 4. The van der Waals surface area contributed by atoms with Crippen LogP contribution < -0.4 is 10.6 Å². The van der Waals surface area contributed by atoms with Gasteiger partial charge in [-0.3, -0.25) is 4.79 Å². The van der Waals surface area contributed by atoms with E-state index in [0.717, 1.165) is 0 Å². The van der Waals surface area contributed by atoms with Gasteiger partial charge in [0.25, 0.3) is 0 Å². The first kappa shape index (κ1) is 12.5. The molecule has 0 aromatic carbocycles. The number of nitrogens with zero attached hydrogens (tertiary/aromatic N) is 2. The van der Waals surface area contributed by atoms with Gasteiger partial charge in [0, 0.05) is 0 Å². The lowest BCUT2D eigenvalue weighted by Gasteiger charge is -2.27. The Balaban J connectivity index is 2.03. The van der Waals surface area contributed by atoms with E-state index >= 15 is 0 Å². The Bertz CT molecular complexity index is 571. The van der Waals surface area contributed by atoms with Crippen molar-refractivity contribution in [3.8, 4) is 0 Å². The van der Waals surface area contributed by atoms with Crippen LogP contribution in [-0.4, -0.2) is 27.6 Å². The molecule has 1 aromatic rings. The van der Waals surface area contributed by atoms with Crippen LogP contribution in [-0.2, 0) is 11.2 Å². The molecule has 9 heteroatoms. The highest BCUT2D eigenvalue weighted by Gasteiger charge is 2.53. The molecular formula is C10H8ClF3N4O. The predicted octanol–water partition coefficient (Wildman–Crippen LogP) is 2.13. The number of rotatable bonds is 1. The van der Waals surface area contributed by atoms with E-state index in [9.17, 15) is 18.0 Å². The summed E-state index contributed by atoms with van der Waals surface area (Å²) in [7, 11) is 0. The fourth-order valence-corrected chi connectivity index (χ4v) is 2.20. The maximum atomic E-state index is 12.5. The van der Waals surface area contributed by atoms with Crippen molar-refractivity contribution in [1.82, 2.24) is 9.97 Å². The van der Waals surface area contributed by atoms with E-state index in [-0.39, 0.29) is 28.4 Å². The van der Waals surface area contributed by atoms with Crippen LogP contribution in [0.4, 0.5) is 24.7 Å². The Labute approximate surface area is 110 Å². The first-order valence-corrected chi connectivity index (χ1v) is 5.90. The Morgan fingerprint density at radius 3 is 2.58 bits per heavy atom. The first-order chi connectivity index (χ1) is 8.79. The van der Waals surface area contributed by atoms with Crippen molar-refractivity contribution < 1.29 is 18.0 Å². The molecule has 0 unspecified atom stereocenters. The third-order valence-electron chi connectivity index (χ3n) is 3.11. The van der Waals surface area contributed by atoms with Crippen molar-refractivity contribution in [1.29, 1.82) is 0 Å². The van der Waals surface area contributed by atoms with E-state index in [1.54, 1.807) is 0 Å². The van der Waals surface area contributed by atoms with E-state index in [4.69, 9.17) is 11.6 Å². The largest absolute Gasteiger partial charge is 0.394 e. The highest BCUT2D eigenvalue weighted by molar-refractivity contribution is 6.28. The summed E-state index contributed by atoms with van der Waals surface area (Å²) < 4.78 is 37.4. The second-order valence-corrected chi connectivity index (χ2v) is 4.95. The van der Waals surface area contributed by atoms with Crippen LogP contribution >= 0.6 is 11.6 Å². The number of hydrogen-bond donors (Lipinski definition) is 2. The zero-order valence-corrected chi connectivity index (χ0v) is 10.2. The summed E-state index contributed by atoms with van der Waals surface area (Å²) in [5, 5.41) is 5.01. The number of aromatic nitrogens is 2. The zero-order chi connectivity index (χ0) is 13.8. The van der Waals surface area contributed by atoms with Crippen LogP contribution in [0.2, 0.25) is 5.28 Å². The molecule has 2 aliphatic rings. The highest BCUT2D eigenvalue weighted by atomic mass is 35.5. The number of nitrogens with one attached hydrogen (secondary N) is 2. The van der Waals surface area contributed by atoms with Gasteiger partial charge in [-0.05, 0) is 24.4 Å². The van der Waals surface area contributed by atoms with Gasteiger partial charge in [-0.15, -0.1) is 0 Å². The van der Waals surface area contributed by atoms with Crippen molar-refractivity contribution in [2.75, 3.05) is 10.6 Å². The van der Waals surface area contributed by atoms with Gasteiger partial charge in [0.15, 0.2) is 5.82 Å². The van der Waals surface area contributed by atoms with Crippen LogP contribution in [0.25, 0.3) is 0 Å². The van der Waals surface area contributed by atoms with E-state index in [1.165, 1.54) is 0 Å². The summed E-state index contributed by atoms with van der Waals surface area (Å²) in [4.78, 5) is 19.2. The third-order valence-corrected chi connectivity index (χ3v) is 3.27. The Hall–Kier alpha value is -1.57. The Morgan fingerprint density at radius 1 is 1.32 bits per heavy atom. The summed E-state index contributed by atoms with van der Waals surface area (Å²) in [6, 6.07) is 0. The molecule has 1 saturated carbocycles. The number of carbonyl (C=O) groups excluding carboxylic acids is 1. The number of hydrogen-bond acceptors (Lipinski definition) is 4. The molecule has 2 heterocycles. The summed E-state index contributed by atoms with van der Waals surface area (Å²) in [5.74, 6) is -0.203. The monoisotopic (exact) mass is 292 g/mol. The van der Waals surface area contributed by atoms with Crippen LogP contribution in [0.1, 0.15) is 18.5 Å². The van der Waals surface area contributed by atoms with Crippen molar-refractivity contribution in [2.45, 2.75) is 31.0 Å². The molecule has 0 atom stereocenters. The molecular weight excluding hydrogens is 285 g/mol. The number of carbonyl (C=O) groups is 1. The van der Waals surface area contributed by atoms with Crippen LogP contribution in [0, 0.1) is 0 Å². The molecule has 0 saturated heterocycles. The first-order valence-electron chi connectivity index (χ1n) is 5.52. The standard InChI is InChI=1S/C10H8ClF3N4O/c11-8-15-4(3-10(12,13)14)5-6(17-8)18-9(1-2-9)7(19)16-5/h1-3H2,(H,16,19)(H,15,17,18). The summed E-state index contributed by atoms with van der Waals surface area (Å²) in [5.41, 5.74) is -1.11. The molecule has 5 nitrogen and oxygen atoms in total. The molecule has 1 spiro atoms. The van der Waals surface area contributed by atoms with Gasteiger partial charge >= 0.3 is 6.18 Å². The minimum atomic E-state index is -4.44. The third kappa shape index (κ3) is 2.20. The summed E-state index contributed by atoms with van der Waals surface area (Å²) in [6.07, 6.45) is -4.47. The Morgan fingerprint density at radius 2 is 2.00 bits per heavy atom. The molecule has 1 aliphatic carbocycles. The van der Waals surface area contributed by atoms with Crippen LogP contribution in [0.3, 0.4) is 0 Å². The fraction of sp³-hybridized carbons (Fsp3) is 0.500. The Kier molecular flexibility index (Phi) is 2.44. The highest BCUT2D eigenvalue weighted by Crippen LogP contribution is 2.45. The van der Waals surface area contributed by atoms with Crippen molar-refractivity contribution in [3.05, 3.63) is 11.0 Å². The predicted molar refractivity (Wildman–Crippen MR) is 61.0 cm³/mol. The summed E-state index contributed by atoms with van der Waals surface area (Å²) in [6.45, 7) is 0. The quantitative estimate of drug-likeness (QED) is 0.778. The molecule has 3 rings (SSSR count). The summed E-state index contributed by atoms with van der Waals surface area (Å²) >= 11 is 5.62. The van der Waals surface area contributed by atoms with Gasteiger partial charge in [0.05, 0.1) is 12.1 Å². The van der Waals surface area contributed by atoms with Crippen molar-refractivity contribution in [2.24, 2.45) is 0 Å².